The number of ether oxygens (including phenoxy) is 2. The number of aromatic nitrogens is 1. The van der Waals surface area contributed by atoms with Crippen molar-refractivity contribution in [2.45, 2.75) is 75.7 Å². The molecule has 0 unspecified atom stereocenters. The summed E-state index contributed by atoms with van der Waals surface area (Å²) in [5, 5.41) is 23.4. The second-order valence-corrected chi connectivity index (χ2v) is 13.6. The first kappa shape index (κ1) is 30.5. The van der Waals surface area contributed by atoms with Crippen LogP contribution >= 0.6 is 11.8 Å². The summed E-state index contributed by atoms with van der Waals surface area (Å²) >= 11 is 2.12. The number of likely N-dealkylation sites (tertiary alicyclic amines) is 1. The Morgan fingerprint density at radius 1 is 1.17 bits per heavy atom. The molecule has 5 rings (SSSR count). The van der Waals surface area contributed by atoms with Gasteiger partial charge in [-0.3, -0.25) is 14.7 Å². The first-order valence-electron chi connectivity index (χ1n) is 15.4. The highest BCUT2D eigenvalue weighted by molar-refractivity contribution is 7.99. The van der Waals surface area contributed by atoms with Crippen molar-refractivity contribution in [2.75, 3.05) is 58.8 Å². The Morgan fingerprint density at radius 2 is 1.93 bits per heavy atom. The number of aliphatic hydroxyl groups excluding tert-OH is 1. The largest absolute Gasteiger partial charge is 0.497 e. The van der Waals surface area contributed by atoms with Gasteiger partial charge in [-0.1, -0.05) is 12.8 Å². The molecule has 41 heavy (non-hydrogen) atoms. The van der Waals surface area contributed by atoms with E-state index in [1.54, 1.807) is 7.11 Å². The molecule has 2 aliphatic heterocycles. The number of morpholine rings is 1. The number of carboxylic acid groups (broad SMARTS) is 1. The number of hydrogen-bond donors (Lipinski definition) is 2. The number of methoxy groups -OCH3 is 1. The Labute approximate surface area is 248 Å². The predicted molar refractivity (Wildman–Crippen MR) is 164 cm³/mol. The fraction of sp³-hybridized carbons (Fsp3) is 0.688. The minimum atomic E-state index is -0.739. The van der Waals surface area contributed by atoms with Gasteiger partial charge in [0.2, 0.25) is 0 Å². The highest BCUT2D eigenvalue weighted by atomic mass is 32.2. The number of thioether (sulfide) groups is 1. The summed E-state index contributed by atoms with van der Waals surface area (Å²) in [5.41, 5.74) is 2.45. The van der Waals surface area contributed by atoms with Crippen molar-refractivity contribution in [3.8, 4) is 5.75 Å². The van der Waals surface area contributed by atoms with Crippen molar-refractivity contribution in [2.24, 2.45) is 5.41 Å². The lowest BCUT2D eigenvalue weighted by Crippen LogP contribution is -2.42. The third kappa shape index (κ3) is 8.14. The number of carboxylic acids is 1. The lowest BCUT2D eigenvalue weighted by atomic mass is 9.71. The second-order valence-electron chi connectivity index (χ2n) is 12.2. The van der Waals surface area contributed by atoms with Gasteiger partial charge in [0.25, 0.3) is 0 Å². The Bertz CT molecular complexity index is 1140. The predicted octanol–water partition coefficient (Wildman–Crippen LogP) is 5.12. The standard InChI is InChI=1S/C32H47N3O5S/c1-39-25-6-7-28-27(20-25)31(24(22-33-28)23-35-14-17-40-18-15-35)29(36)8-9-32(21-30(37)38)10-12-34(13-11-32)16-19-41-26-4-2-3-5-26/h6-7,20,22,26,29,36H,2-5,8-19,21,23H2,1H3,(H,37,38)/t29-/m1/s1. The summed E-state index contributed by atoms with van der Waals surface area (Å²) in [7, 11) is 1.65. The molecule has 1 aromatic heterocycles. The van der Waals surface area contributed by atoms with Crippen LogP contribution in [0.3, 0.4) is 0 Å². The normalized spacial score (nSPS) is 21.3. The van der Waals surface area contributed by atoms with E-state index in [0.717, 1.165) is 78.6 Å². The second kappa shape index (κ2) is 14.5. The molecule has 0 radical (unpaired) electrons. The lowest BCUT2D eigenvalue weighted by Gasteiger charge is -2.42. The third-order valence-corrected chi connectivity index (χ3v) is 10.8. The topological polar surface area (TPSA) is 95.4 Å². The van der Waals surface area contributed by atoms with Gasteiger partial charge in [0.15, 0.2) is 0 Å². The van der Waals surface area contributed by atoms with Crippen LogP contribution in [0.4, 0.5) is 0 Å². The lowest BCUT2D eigenvalue weighted by molar-refractivity contribution is -0.141. The van der Waals surface area contributed by atoms with E-state index in [1.807, 2.05) is 24.4 Å². The summed E-state index contributed by atoms with van der Waals surface area (Å²) < 4.78 is 11.1. The van der Waals surface area contributed by atoms with Gasteiger partial charge >= 0.3 is 5.97 Å². The van der Waals surface area contributed by atoms with Gasteiger partial charge in [0.1, 0.15) is 5.75 Å². The molecular weight excluding hydrogens is 538 g/mol. The quantitative estimate of drug-likeness (QED) is 0.332. The summed E-state index contributed by atoms with van der Waals surface area (Å²) in [4.78, 5) is 21.6. The summed E-state index contributed by atoms with van der Waals surface area (Å²) in [6.07, 6.45) is 9.78. The minimum absolute atomic E-state index is 0.163. The van der Waals surface area contributed by atoms with Crippen molar-refractivity contribution in [3.63, 3.8) is 0 Å². The highest BCUT2D eigenvalue weighted by Gasteiger charge is 2.37. The van der Waals surface area contributed by atoms with Crippen LogP contribution in [-0.2, 0) is 16.1 Å². The van der Waals surface area contributed by atoms with E-state index in [0.29, 0.717) is 32.6 Å². The number of fused-ring (bicyclic) bond motifs is 1. The van der Waals surface area contributed by atoms with Crippen molar-refractivity contribution in [1.29, 1.82) is 0 Å². The van der Waals surface area contributed by atoms with Crippen LogP contribution in [0.2, 0.25) is 0 Å². The van der Waals surface area contributed by atoms with Crippen LogP contribution in [0.5, 0.6) is 5.75 Å². The van der Waals surface area contributed by atoms with Crippen molar-refractivity contribution >= 4 is 28.6 Å². The summed E-state index contributed by atoms with van der Waals surface area (Å²) in [6.45, 7) is 6.78. The average Bonchev–Trinajstić information content (AvgIpc) is 3.50. The SMILES string of the molecule is COc1ccc2ncc(CN3CCOCC3)c([C@H](O)CCC3(CC(=O)O)CCN(CCSC4CCCC4)CC3)c2c1. The molecule has 1 aromatic carbocycles. The monoisotopic (exact) mass is 585 g/mol. The van der Waals surface area contributed by atoms with Crippen molar-refractivity contribution in [3.05, 3.63) is 35.5 Å². The molecule has 2 saturated heterocycles. The third-order valence-electron chi connectivity index (χ3n) is 9.48. The van der Waals surface area contributed by atoms with E-state index in [1.165, 1.54) is 31.4 Å². The zero-order valence-corrected chi connectivity index (χ0v) is 25.4. The molecule has 3 aliphatic rings. The first-order valence-corrected chi connectivity index (χ1v) is 16.5. The molecule has 226 valence electrons. The number of rotatable bonds is 13. The zero-order chi connectivity index (χ0) is 28.7. The van der Waals surface area contributed by atoms with Gasteiger partial charge in [0, 0.05) is 48.8 Å². The number of benzene rings is 1. The van der Waals surface area contributed by atoms with E-state index in [4.69, 9.17) is 14.5 Å². The maximum absolute atomic E-state index is 12.0. The van der Waals surface area contributed by atoms with Crippen LogP contribution < -0.4 is 4.74 Å². The molecule has 0 spiro atoms. The smallest absolute Gasteiger partial charge is 0.303 e. The number of hydrogen-bond acceptors (Lipinski definition) is 8. The van der Waals surface area contributed by atoms with E-state index >= 15 is 0 Å². The number of pyridine rings is 1. The Kier molecular flexibility index (Phi) is 10.8. The van der Waals surface area contributed by atoms with Gasteiger partial charge in [-0.25, -0.2) is 0 Å². The Hall–Kier alpha value is -1.91. The number of aliphatic carboxylic acids is 1. The zero-order valence-electron chi connectivity index (χ0n) is 24.6. The molecule has 9 heteroatoms. The van der Waals surface area contributed by atoms with Gasteiger partial charge < -0.3 is 24.6 Å². The molecule has 0 bridgehead atoms. The number of piperidine rings is 1. The maximum Gasteiger partial charge on any atom is 0.303 e. The molecule has 1 atom stereocenters. The molecule has 3 fully saturated rings. The van der Waals surface area contributed by atoms with Crippen molar-refractivity contribution in [1.82, 2.24) is 14.8 Å². The van der Waals surface area contributed by atoms with E-state index in [-0.39, 0.29) is 11.8 Å². The highest BCUT2D eigenvalue weighted by Crippen LogP contribution is 2.43. The van der Waals surface area contributed by atoms with E-state index < -0.39 is 12.1 Å². The molecule has 2 N–H and O–H groups in total. The van der Waals surface area contributed by atoms with Crippen LogP contribution in [-0.4, -0.2) is 95.0 Å². The average molecular weight is 586 g/mol. The van der Waals surface area contributed by atoms with Gasteiger partial charge in [-0.05, 0) is 86.4 Å². The van der Waals surface area contributed by atoms with E-state index in [9.17, 15) is 15.0 Å². The molecule has 3 heterocycles. The number of aliphatic hydroxyl groups is 1. The van der Waals surface area contributed by atoms with Crippen LogP contribution in [0.15, 0.2) is 24.4 Å². The molecule has 1 saturated carbocycles. The Balaban J connectivity index is 1.28. The molecule has 8 nitrogen and oxygen atoms in total. The first-order chi connectivity index (χ1) is 19.9. The van der Waals surface area contributed by atoms with Crippen LogP contribution in [0.25, 0.3) is 10.9 Å². The van der Waals surface area contributed by atoms with Gasteiger partial charge in [-0.2, -0.15) is 11.8 Å². The molecule has 1 aliphatic carbocycles. The van der Waals surface area contributed by atoms with Crippen molar-refractivity contribution < 1.29 is 24.5 Å². The van der Waals surface area contributed by atoms with Crippen LogP contribution in [0.1, 0.15) is 75.0 Å². The summed E-state index contributed by atoms with van der Waals surface area (Å²) in [5.74, 6) is 1.16. The Morgan fingerprint density at radius 3 is 2.63 bits per heavy atom. The summed E-state index contributed by atoms with van der Waals surface area (Å²) in [6, 6.07) is 5.81. The number of carbonyl (C=O) groups is 1. The molecule has 0 amide bonds. The maximum atomic E-state index is 12.0. The fourth-order valence-corrected chi connectivity index (χ4v) is 8.32. The molecule has 2 aromatic rings. The van der Waals surface area contributed by atoms with E-state index in [2.05, 4.69) is 21.6 Å². The molecular formula is C32H47N3O5S. The minimum Gasteiger partial charge on any atom is -0.497 e. The fourth-order valence-electron chi connectivity index (χ4n) is 6.96. The van der Waals surface area contributed by atoms with Gasteiger partial charge in [-0.15, -0.1) is 0 Å². The van der Waals surface area contributed by atoms with Gasteiger partial charge in [0.05, 0.1) is 38.4 Å². The van der Waals surface area contributed by atoms with Crippen LogP contribution in [0, 0.1) is 5.41 Å². The number of nitrogens with zero attached hydrogens (tertiary/aromatic N) is 3.